The standard InChI is InChI=1S/C22H28N6O5S2/c29-34(30,19-5-1-17(2-6-19)21-23-9-10-24-21)27-13-15-33-16-14-28-35(31,32)20-7-3-18(4-8-20)22-25-11-12-26-22/h1-8,27-28H,9-16H2,(H,23,24)(H,25,26). The van der Waals surface area contributed by atoms with Crippen molar-refractivity contribution in [1.82, 2.24) is 20.1 Å². The monoisotopic (exact) mass is 520 g/mol. The minimum Gasteiger partial charge on any atom is -0.379 e. The molecule has 0 spiro atoms. The van der Waals surface area contributed by atoms with Crippen molar-refractivity contribution in [2.24, 2.45) is 9.98 Å². The van der Waals surface area contributed by atoms with Crippen LogP contribution in [0.4, 0.5) is 0 Å². The molecule has 11 nitrogen and oxygen atoms in total. The molecule has 13 heteroatoms. The smallest absolute Gasteiger partial charge is 0.240 e. The Bertz CT molecular complexity index is 1190. The van der Waals surface area contributed by atoms with E-state index in [4.69, 9.17) is 4.74 Å². The summed E-state index contributed by atoms with van der Waals surface area (Å²) in [7, 11) is -7.35. The molecule has 2 aromatic rings. The van der Waals surface area contributed by atoms with Crippen LogP contribution in [0.15, 0.2) is 68.3 Å². The van der Waals surface area contributed by atoms with Gasteiger partial charge in [-0.2, -0.15) is 0 Å². The summed E-state index contributed by atoms with van der Waals surface area (Å²) in [5, 5.41) is 6.28. The Morgan fingerprint density at radius 3 is 1.43 bits per heavy atom. The Balaban J connectivity index is 1.16. The number of rotatable bonds is 12. The molecule has 0 unspecified atom stereocenters. The molecule has 2 aliphatic heterocycles. The van der Waals surface area contributed by atoms with Gasteiger partial charge in [-0.15, -0.1) is 0 Å². The Labute approximate surface area is 205 Å². The molecule has 188 valence electrons. The van der Waals surface area contributed by atoms with Crippen LogP contribution in [0.1, 0.15) is 11.1 Å². The fraction of sp³-hybridized carbons (Fsp3) is 0.364. The molecule has 4 N–H and O–H groups in total. The molecule has 35 heavy (non-hydrogen) atoms. The first kappa shape index (κ1) is 25.3. The molecular formula is C22H28N6O5S2. The summed E-state index contributed by atoms with van der Waals surface area (Å²) >= 11 is 0. The highest BCUT2D eigenvalue weighted by Crippen LogP contribution is 2.13. The van der Waals surface area contributed by atoms with Crippen molar-refractivity contribution in [3.05, 3.63) is 59.7 Å². The highest BCUT2D eigenvalue weighted by atomic mass is 32.2. The van der Waals surface area contributed by atoms with Crippen molar-refractivity contribution in [1.29, 1.82) is 0 Å². The normalized spacial score (nSPS) is 15.9. The van der Waals surface area contributed by atoms with Crippen molar-refractivity contribution < 1.29 is 21.6 Å². The summed E-state index contributed by atoms with van der Waals surface area (Å²) in [5.74, 6) is 1.53. The first-order valence-electron chi connectivity index (χ1n) is 11.2. The van der Waals surface area contributed by atoms with E-state index in [9.17, 15) is 16.8 Å². The van der Waals surface area contributed by atoms with Gasteiger partial charge < -0.3 is 15.4 Å². The molecule has 0 aromatic heterocycles. The minimum atomic E-state index is -3.68. The van der Waals surface area contributed by atoms with Crippen LogP contribution in [0, 0.1) is 0 Å². The zero-order valence-electron chi connectivity index (χ0n) is 19.0. The van der Waals surface area contributed by atoms with E-state index in [-0.39, 0.29) is 36.1 Å². The maximum absolute atomic E-state index is 12.4. The fourth-order valence-corrected chi connectivity index (χ4v) is 5.56. The van der Waals surface area contributed by atoms with E-state index in [1.807, 2.05) is 0 Å². The summed E-state index contributed by atoms with van der Waals surface area (Å²) in [6, 6.07) is 13.0. The summed E-state index contributed by atoms with van der Waals surface area (Å²) < 4.78 is 60.1. The van der Waals surface area contributed by atoms with Crippen molar-refractivity contribution in [2.45, 2.75) is 9.79 Å². The average molecular weight is 521 g/mol. The Kier molecular flexibility index (Phi) is 8.13. The summed E-state index contributed by atoms with van der Waals surface area (Å²) in [6.45, 7) is 3.29. The second kappa shape index (κ2) is 11.3. The lowest BCUT2D eigenvalue weighted by molar-refractivity contribution is 0.144. The summed E-state index contributed by atoms with van der Waals surface area (Å²) in [6.07, 6.45) is 0. The molecule has 0 aliphatic carbocycles. The van der Waals surface area contributed by atoms with Gasteiger partial charge in [0.05, 0.1) is 36.1 Å². The van der Waals surface area contributed by atoms with E-state index in [0.717, 1.165) is 35.9 Å². The van der Waals surface area contributed by atoms with Gasteiger partial charge in [-0.1, -0.05) is 0 Å². The lowest BCUT2D eigenvalue weighted by atomic mass is 10.2. The van der Waals surface area contributed by atoms with Gasteiger partial charge >= 0.3 is 0 Å². The van der Waals surface area contributed by atoms with Gasteiger partial charge in [-0.25, -0.2) is 26.3 Å². The minimum absolute atomic E-state index is 0.0600. The summed E-state index contributed by atoms with van der Waals surface area (Å²) in [5.41, 5.74) is 1.67. The number of ether oxygens (including phenoxy) is 1. The molecule has 2 heterocycles. The predicted molar refractivity (Wildman–Crippen MR) is 133 cm³/mol. The molecule has 0 amide bonds. The topological polar surface area (TPSA) is 150 Å². The van der Waals surface area contributed by atoms with E-state index >= 15 is 0 Å². The second-order valence-corrected chi connectivity index (χ2v) is 11.3. The first-order chi connectivity index (χ1) is 16.9. The molecule has 0 saturated heterocycles. The molecule has 2 aliphatic rings. The van der Waals surface area contributed by atoms with Crippen molar-refractivity contribution in [3.63, 3.8) is 0 Å². The third-order valence-electron chi connectivity index (χ3n) is 5.30. The lowest BCUT2D eigenvalue weighted by Crippen LogP contribution is -2.30. The third-order valence-corrected chi connectivity index (χ3v) is 8.26. The predicted octanol–water partition coefficient (Wildman–Crippen LogP) is -0.340. The fourth-order valence-electron chi connectivity index (χ4n) is 3.53. The van der Waals surface area contributed by atoms with Crippen LogP contribution in [0.5, 0.6) is 0 Å². The van der Waals surface area contributed by atoms with Crippen LogP contribution in [-0.2, 0) is 24.8 Å². The van der Waals surface area contributed by atoms with Gasteiger partial charge in [-0.3, -0.25) is 9.98 Å². The van der Waals surface area contributed by atoms with Crippen molar-refractivity contribution in [2.75, 3.05) is 52.5 Å². The van der Waals surface area contributed by atoms with Crippen LogP contribution in [0.25, 0.3) is 0 Å². The molecule has 0 saturated carbocycles. The molecular weight excluding hydrogens is 492 g/mol. The third kappa shape index (κ3) is 6.64. The van der Waals surface area contributed by atoms with E-state index in [2.05, 4.69) is 30.1 Å². The number of hydrogen-bond donors (Lipinski definition) is 4. The lowest BCUT2D eigenvalue weighted by Gasteiger charge is -2.10. The molecule has 0 bridgehead atoms. The van der Waals surface area contributed by atoms with Crippen LogP contribution in [-0.4, -0.2) is 81.0 Å². The first-order valence-corrected chi connectivity index (χ1v) is 14.2. The number of sulfonamides is 2. The van der Waals surface area contributed by atoms with E-state index in [0.29, 0.717) is 13.1 Å². The number of amidine groups is 2. The number of nitrogens with one attached hydrogen (secondary N) is 4. The van der Waals surface area contributed by atoms with Gasteiger partial charge in [0.25, 0.3) is 0 Å². The van der Waals surface area contributed by atoms with E-state index in [1.165, 1.54) is 24.3 Å². The maximum atomic E-state index is 12.4. The molecule has 4 rings (SSSR count). The molecule has 0 atom stereocenters. The van der Waals surface area contributed by atoms with E-state index in [1.54, 1.807) is 24.3 Å². The zero-order chi connectivity index (χ0) is 24.7. The summed E-state index contributed by atoms with van der Waals surface area (Å²) in [4.78, 5) is 8.91. The van der Waals surface area contributed by atoms with Crippen molar-refractivity contribution >= 4 is 31.7 Å². The Morgan fingerprint density at radius 2 is 1.09 bits per heavy atom. The Hall–Kier alpha value is -2.84. The SMILES string of the molecule is O=S(=O)(NCCOCCNS(=O)(=O)c1ccc(C2=NCCN2)cc1)c1ccc(C2=NCCN2)cc1. The zero-order valence-corrected chi connectivity index (χ0v) is 20.7. The van der Waals surface area contributed by atoms with Crippen molar-refractivity contribution in [3.8, 4) is 0 Å². The van der Waals surface area contributed by atoms with Gasteiger partial charge in [-0.05, 0) is 48.5 Å². The number of hydrogen-bond acceptors (Lipinski definition) is 9. The van der Waals surface area contributed by atoms with E-state index < -0.39 is 20.0 Å². The van der Waals surface area contributed by atoms with Crippen LogP contribution < -0.4 is 20.1 Å². The average Bonchev–Trinajstić information content (AvgIpc) is 3.58. The van der Waals surface area contributed by atoms with Gasteiger partial charge in [0, 0.05) is 37.3 Å². The number of benzene rings is 2. The number of nitrogens with zero attached hydrogens (tertiary/aromatic N) is 2. The maximum Gasteiger partial charge on any atom is 0.240 e. The van der Waals surface area contributed by atoms with Gasteiger partial charge in [0.2, 0.25) is 20.0 Å². The Morgan fingerprint density at radius 1 is 0.686 bits per heavy atom. The van der Waals surface area contributed by atoms with Crippen LogP contribution in [0.3, 0.4) is 0 Å². The highest BCUT2D eigenvalue weighted by Gasteiger charge is 2.16. The molecule has 2 aromatic carbocycles. The largest absolute Gasteiger partial charge is 0.379 e. The number of aliphatic imine (C=N–C) groups is 2. The highest BCUT2D eigenvalue weighted by molar-refractivity contribution is 7.89. The second-order valence-electron chi connectivity index (χ2n) is 7.77. The van der Waals surface area contributed by atoms with Crippen LogP contribution in [0.2, 0.25) is 0 Å². The van der Waals surface area contributed by atoms with Crippen LogP contribution >= 0.6 is 0 Å². The molecule has 0 radical (unpaired) electrons. The van der Waals surface area contributed by atoms with Gasteiger partial charge in [0.1, 0.15) is 11.7 Å². The quantitative estimate of drug-likeness (QED) is 0.280. The molecule has 0 fully saturated rings. The van der Waals surface area contributed by atoms with Gasteiger partial charge in [0.15, 0.2) is 0 Å².